The number of hydrogen-bond acceptors (Lipinski definition) is 2. The largest absolute Gasteiger partial charge is 0.493 e. The Morgan fingerprint density at radius 2 is 1.95 bits per heavy atom. The summed E-state index contributed by atoms with van der Waals surface area (Å²) in [5.41, 5.74) is 3.11. The highest BCUT2D eigenvalue weighted by Gasteiger charge is 2.21. The molecule has 0 unspecified atom stereocenters. The second kappa shape index (κ2) is 6.00. The lowest BCUT2D eigenvalue weighted by molar-refractivity contribution is 0.0961. The second-order valence-electron chi connectivity index (χ2n) is 5.43. The van der Waals surface area contributed by atoms with E-state index in [-0.39, 0.29) is 5.91 Å². The lowest BCUT2D eigenvalue weighted by Crippen LogP contribution is -2.25. The van der Waals surface area contributed by atoms with Crippen LogP contribution in [0.3, 0.4) is 0 Å². The molecule has 0 bridgehead atoms. The minimum absolute atomic E-state index is 0.0253. The van der Waals surface area contributed by atoms with Crippen LogP contribution < -0.4 is 10.1 Å². The van der Waals surface area contributed by atoms with Gasteiger partial charge in [-0.3, -0.25) is 4.79 Å². The van der Waals surface area contributed by atoms with Crippen LogP contribution in [0.5, 0.6) is 5.75 Å². The first-order valence-electron chi connectivity index (χ1n) is 7.28. The van der Waals surface area contributed by atoms with Crippen molar-refractivity contribution in [3.05, 3.63) is 65.2 Å². The minimum Gasteiger partial charge on any atom is -0.493 e. The van der Waals surface area contributed by atoms with Gasteiger partial charge in [-0.1, -0.05) is 36.4 Å². The highest BCUT2D eigenvalue weighted by atomic mass is 16.5. The number of ether oxygens (including phenoxy) is 1. The number of carbonyl (C=O) groups excluding carboxylic acids is 1. The lowest BCUT2D eigenvalue weighted by Gasteiger charge is -2.25. The van der Waals surface area contributed by atoms with Gasteiger partial charge in [-0.2, -0.15) is 0 Å². The molecule has 1 amide bonds. The normalized spacial score (nSPS) is 16.7. The molecule has 1 heterocycles. The molecule has 3 nitrogen and oxygen atoms in total. The number of para-hydroxylation sites is 1. The summed E-state index contributed by atoms with van der Waals surface area (Å²) in [4.78, 5) is 11.9. The van der Waals surface area contributed by atoms with Gasteiger partial charge >= 0.3 is 0 Å². The first-order chi connectivity index (χ1) is 10.3. The molecule has 21 heavy (non-hydrogen) atoms. The van der Waals surface area contributed by atoms with Gasteiger partial charge in [0, 0.05) is 18.5 Å². The smallest absolute Gasteiger partial charge is 0.251 e. The number of hydrogen-bond donors (Lipinski definition) is 1. The molecule has 1 aliphatic heterocycles. The highest BCUT2D eigenvalue weighted by Crippen LogP contribution is 2.29. The van der Waals surface area contributed by atoms with Crippen LogP contribution in [0.2, 0.25) is 0 Å². The Kier molecular flexibility index (Phi) is 3.91. The SMILES string of the molecule is CNC(=O)c1ccccc1C[C@H]1COc2ccccc2C1. The van der Waals surface area contributed by atoms with Gasteiger partial charge in [0.05, 0.1) is 6.61 Å². The Morgan fingerprint density at radius 3 is 2.81 bits per heavy atom. The molecule has 2 aromatic carbocycles. The summed E-state index contributed by atoms with van der Waals surface area (Å²) in [6, 6.07) is 16.0. The average Bonchev–Trinajstić information content (AvgIpc) is 2.54. The zero-order valence-electron chi connectivity index (χ0n) is 12.1. The fourth-order valence-corrected chi connectivity index (χ4v) is 2.89. The number of carbonyl (C=O) groups is 1. The number of benzene rings is 2. The Labute approximate surface area is 124 Å². The standard InChI is InChI=1S/C18H19NO2/c1-19-18(20)16-8-4-2-6-14(16)10-13-11-15-7-3-5-9-17(15)21-12-13/h2-9,13H,10-12H2,1H3,(H,19,20)/t13-/m1/s1. The van der Waals surface area contributed by atoms with E-state index in [9.17, 15) is 4.79 Å². The molecule has 3 heteroatoms. The molecule has 2 aromatic rings. The predicted octanol–water partition coefficient (Wildman–Crippen LogP) is 2.84. The van der Waals surface area contributed by atoms with Gasteiger partial charge in [0.15, 0.2) is 0 Å². The van der Waals surface area contributed by atoms with E-state index in [2.05, 4.69) is 11.4 Å². The molecule has 0 fully saturated rings. The Hall–Kier alpha value is -2.29. The summed E-state index contributed by atoms with van der Waals surface area (Å²) in [6.07, 6.45) is 1.86. The van der Waals surface area contributed by atoms with Crippen molar-refractivity contribution >= 4 is 5.91 Å². The van der Waals surface area contributed by atoms with Crippen molar-refractivity contribution < 1.29 is 9.53 Å². The molecule has 0 aliphatic carbocycles. The van der Waals surface area contributed by atoms with E-state index >= 15 is 0 Å². The fourth-order valence-electron chi connectivity index (χ4n) is 2.89. The van der Waals surface area contributed by atoms with E-state index in [1.54, 1.807) is 7.05 Å². The van der Waals surface area contributed by atoms with E-state index in [4.69, 9.17) is 4.74 Å². The third kappa shape index (κ3) is 2.92. The van der Waals surface area contributed by atoms with E-state index < -0.39 is 0 Å². The summed E-state index contributed by atoms with van der Waals surface area (Å²) >= 11 is 0. The molecule has 0 aromatic heterocycles. The average molecular weight is 281 g/mol. The maximum absolute atomic E-state index is 11.9. The first-order valence-corrected chi connectivity index (χ1v) is 7.28. The van der Waals surface area contributed by atoms with Crippen LogP contribution in [-0.2, 0) is 12.8 Å². The summed E-state index contributed by atoms with van der Waals surface area (Å²) < 4.78 is 5.83. The van der Waals surface area contributed by atoms with Gasteiger partial charge in [0.2, 0.25) is 0 Å². The zero-order valence-corrected chi connectivity index (χ0v) is 12.1. The van der Waals surface area contributed by atoms with Crippen molar-refractivity contribution in [2.45, 2.75) is 12.8 Å². The molecule has 1 aliphatic rings. The van der Waals surface area contributed by atoms with Crippen molar-refractivity contribution in [3.8, 4) is 5.75 Å². The van der Waals surface area contributed by atoms with Gasteiger partial charge in [0.25, 0.3) is 5.91 Å². The van der Waals surface area contributed by atoms with E-state index in [1.807, 2.05) is 42.5 Å². The third-order valence-electron chi connectivity index (χ3n) is 3.95. The van der Waals surface area contributed by atoms with Crippen molar-refractivity contribution in [1.82, 2.24) is 5.32 Å². The molecular formula is C18H19NO2. The molecule has 0 saturated heterocycles. The van der Waals surface area contributed by atoms with Gasteiger partial charge in [-0.05, 0) is 36.1 Å². The van der Waals surface area contributed by atoms with Gasteiger partial charge in [-0.25, -0.2) is 0 Å². The van der Waals surface area contributed by atoms with Crippen molar-refractivity contribution in [2.75, 3.05) is 13.7 Å². The van der Waals surface area contributed by atoms with Crippen molar-refractivity contribution in [3.63, 3.8) is 0 Å². The third-order valence-corrected chi connectivity index (χ3v) is 3.95. The Bertz CT molecular complexity index is 651. The minimum atomic E-state index is -0.0253. The fraction of sp³-hybridized carbons (Fsp3) is 0.278. The van der Waals surface area contributed by atoms with Crippen LogP contribution in [0.15, 0.2) is 48.5 Å². The second-order valence-corrected chi connectivity index (χ2v) is 5.43. The molecule has 0 spiro atoms. The summed E-state index contributed by atoms with van der Waals surface area (Å²) in [7, 11) is 1.67. The molecule has 108 valence electrons. The molecule has 3 rings (SSSR count). The van der Waals surface area contributed by atoms with Crippen LogP contribution in [0.25, 0.3) is 0 Å². The van der Waals surface area contributed by atoms with Crippen LogP contribution in [0.1, 0.15) is 21.5 Å². The number of fused-ring (bicyclic) bond motifs is 1. The summed E-state index contributed by atoms with van der Waals surface area (Å²) in [5.74, 6) is 1.38. The van der Waals surface area contributed by atoms with E-state index in [0.29, 0.717) is 12.5 Å². The molecular weight excluding hydrogens is 262 g/mol. The van der Waals surface area contributed by atoms with E-state index in [0.717, 1.165) is 29.7 Å². The van der Waals surface area contributed by atoms with Gasteiger partial charge < -0.3 is 10.1 Å². The Balaban J connectivity index is 1.78. The van der Waals surface area contributed by atoms with Crippen LogP contribution >= 0.6 is 0 Å². The van der Waals surface area contributed by atoms with E-state index in [1.165, 1.54) is 5.56 Å². The maximum Gasteiger partial charge on any atom is 0.251 e. The Morgan fingerprint density at radius 1 is 1.19 bits per heavy atom. The molecule has 0 saturated carbocycles. The van der Waals surface area contributed by atoms with Gasteiger partial charge in [-0.15, -0.1) is 0 Å². The van der Waals surface area contributed by atoms with Crippen LogP contribution in [-0.4, -0.2) is 19.6 Å². The van der Waals surface area contributed by atoms with Crippen LogP contribution in [0, 0.1) is 5.92 Å². The van der Waals surface area contributed by atoms with Gasteiger partial charge in [0.1, 0.15) is 5.75 Å². The number of amides is 1. The molecule has 1 atom stereocenters. The lowest BCUT2D eigenvalue weighted by atomic mass is 9.89. The van der Waals surface area contributed by atoms with Crippen molar-refractivity contribution in [2.24, 2.45) is 5.92 Å². The first kappa shape index (κ1) is 13.7. The summed E-state index contributed by atoms with van der Waals surface area (Å²) in [6.45, 7) is 0.707. The maximum atomic E-state index is 11.9. The predicted molar refractivity (Wildman–Crippen MR) is 82.7 cm³/mol. The quantitative estimate of drug-likeness (QED) is 0.939. The highest BCUT2D eigenvalue weighted by molar-refractivity contribution is 5.95. The number of nitrogens with one attached hydrogen (secondary N) is 1. The molecule has 1 N–H and O–H groups in total. The van der Waals surface area contributed by atoms with Crippen molar-refractivity contribution in [1.29, 1.82) is 0 Å². The summed E-state index contributed by atoms with van der Waals surface area (Å²) in [5, 5.41) is 2.70. The van der Waals surface area contributed by atoms with Crippen LogP contribution in [0.4, 0.5) is 0 Å². The zero-order chi connectivity index (χ0) is 14.7. The number of rotatable bonds is 3. The molecule has 0 radical (unpaired) electrons. The topological polar surface area (TPSA) is 38.3 Å². The monoisotopic (exact) mass is 281 g/mol.